The molecule has 1 saturated heterocycles. The second kappa shape index (κ2) is 20.8. The predicted molar refractivity (Wildman–Crippen MR) is 92.5 cm³/mol. The lowest BCUT2D eigenvalue weighted by Gasteiger charge is -2.30. The fraction of sp³-hybridized carbons (Fsp3) is 1.00. The van der Waals surface area contributed by atoms with E-state index in [1.807, 2.05) is 27.7 Å². The molecule has 1 rings (SSSR count). The summed E-state index contributed by atoms with van der Waals surface area (Å²) in [6.45, 7) is 16.5. The van der Waals surface area contributed by atoms with Crippen molar-refractivity contribution in [3.05, 3.63) is 0 Å². The van der Waals surface area contributed by atoms with Crippen LogP contribution in [-0.2, 0) is 14.2 Å². The molecule has 0 spiro atoms. The second-order valence-electron chi connectivity index (χ2n) is 4.45. The van der Waals surface area contributed by atoms with Gasteiger partial charge in [-0.1, -0.05) is 34.6 Å². The van der Waals surface area contributed by atoms with E-state index in [2.05, 4.69) is 11.8 Å². The molecule has 1 heterocycles. The zero-order valence-corrected chi connectivity index (χ0v) is 15.5. The fourth-order valence-electron chi connectivity index (χ4n) is 2.05. The van der Waals surface area contributed by atoms with Crippen molar-refractivity contribution in [1.29, 1.82) is 0 Å². The Bertz CT molecular complexity index is 185. The highest BCUT2D eigenvalue weighted by Crippen LogP contribution is 2.12. The molecule has 1 aliphatic rings. The van der Waals surface area contributed by atoms with Crippen LogP contribution in [-0.4, -0.2) is 75.4 Å². The maximum absolute atomic E-state index is 8.50. The number of aliphatic hydroxyl groups is 1. The van der Waals surface area contributed by atoms with Crippen molar-refractivity contribution in [3.8, 4) is 0 Å². The average molecular weight is 322 g/mol. The van der Waals surface area contributed by atoms with Crippen LogP contribution in [0.4, 0.5) is 0 Å². The van der Waals surface area contributed by atoms with Crippen LogP contribution in [0.2, 0.25) is 0 Å². The second-order valence-corrected chi connectivity index (χ2v) is 4.45. The summed E-state index contributed by atoms with van der Waals surface area (Å²) in [6.07, 6.45) is 2.67. The molecule has 22 heavy (non-hydrogen) atoms. The first kappa shape index (κ1) is 24.1. The zero-order chi connectivity index (χ0) is 17.1. The third kappa shape index (κ3) is 14.7. The van der Waals surface area contributed by atoms with Crippen LogP contribution in [0.1, 0.15) is 47.5 Å². The van der Waals surface area contributed by atoms with Crippen molar-refractivity contribution in [2.45, 2.75) is 53.6 Å². The van der Waals surface area contributed by atoms with Crippen LogP contribution in [0.5, 0.6) is 0 Å². The van der Waals surface area contributed by atoms with Crippen LogP contribution >= 0.6 is 0 Å². The number of hydrogen-bond acceptors (Lipinski definition) is 5. The Balaban J connectivity index is 0. The van der Waals surface area contributed by atoms with E-state index in [1.54, 1.807) is 0 Å². The van der Waals surface area contributed by atoms with Crippen molar-refractivity contribution in [3.63, 3.8) is 0 Å². The van der Waals surface area contributed by atoms with E-state index in [0.717, 1.165) is 32.5 Å². The highest BCUT2D eigenvalue weighted by Gasteiger charge is 2.17. The normalized spacial score (nSPS) is 15.5. The van der Waals surface area contributed by atoms with Gasteiger partial charge >= 0.3 is 0 Å². The summed E-state index contributed by atoms with van der Waals surface area (Å²) in [4.78, 5) is 2.45. The lowest BCUT2D eigenvalue weighted by atomic mass is 10.1. The molecule has 0 bridgehead atoms. The van der Waals surface area contributed by atoms with Gasteiger partial charge in [0.25, 0.3) is 0 Å². The number of rotatable bonds is 10. The van der Waals surface area contributed by atoms with Crippen LogP contribution in [0, 0.1) is 0 Å². The molecule has 0 radical (unpaired) electrons. The Kier molecular flexibility index (Phi) is 22.7. The third-order valence-corrected chi connectivity index (χ3v) is 3.17. The molecule has 0 amide bonds. The van der Waals surface area contributed by atoms with Gasteiger partial charge in [-0.3, -0.25) is 0 Å². The molecule has 1 N–H and O–H groups in total. The van der Waals surface area contributed by atoms with Gasteiger partial charge in [-0.15, -0.1) is 0 Å². The smallest absolute Gasteiger partial charge is 0.0704 e. The van der Waals surface area contributed by atoms with Crippen molar-refractivity contribution in [2.75, 3.05) is 59.3 Å². The van der Waals surface area contributed by atoms with E-state index >= 15 is 0 Å². The maximum atomic E-state index is 8.50. The first-order chi connectivity index (χ1) is 10.9. The number of piperidine rings is 1. The number of ether oxygens (including phenoxy) is 3. The van der Waals surface area contributed by atoms with Gasteiger partial charge in [0, 0.05) is 13.1 Å². The Morgan fingerprint density at radius 1 is 0.864 bits per heavy atom. The molecule has 0 aromatic carbocycles. The molecule has 5 heteroatoms. The molecule has 0 aromatic rings. The molecule has 0 unspecified atom stereocenters. The summed E-state index contributed by atoms with van der Waals surface area (Å²) >= 11 is 0. The van der Waals surface area contributed by atoms with E-state index in [1.165, 1.54) is 0 Å². The monoisotopic (exact) mass is 321 g/mol. The Hall–Kier alpha value is -0.200. The van der Waals surface area contributed by atoms with Gasteiger partial charge in [0.2, 0.25) is 0 Å². The van der Waals surface area contributed by atoms with Gasteiger partial charge in [0.1, 0.15) is 0 Å². The van der Waals surface area contributed by atoms with Crippen molar-refractivity contribution >= 4 is 0 Å². The van der Waals surface area contributed by atoms with Crippen molar-refractivity contribution < 1.29 is 19.3 Å². The van der Waals surface area contributed by atoms with E-state index in [9.17, 15) is 0 Å². The maximum Gasteiger partial charge on any atom is 0.0704 e. The van der Waals surface area contributed by atoms with Gasteiger partial charge in [0.15, 0.2) is 0 Å². The van der Waals surface area contributed by atoms with Gasteiger partial charge in [-0.05, 0) is 19.4 Å². The lowest BCUT2D eigenvalue weighted by molar-refractivity contribution is -0.0321. The molecule has 1 aliphatic heterocycles. The topological polar surface area (TPSA) is 51.2 Å². The van der Waals surface area contributed by atoms with Gasteiger partial charge in [-0.2, -0.15) is 0 Å². The molecule has 0 aliphatic carbocycles. The quantitative estimate of drug-likeness (QED) is 0.627. The van der Waals surface area contributed by atoms with E-state index in [4.69, 9.17) is 19.3 Å². The molecule has 1 fully saturated rings. The summed E-state index contributed by atoms with van der Waals surface area (Å²) < 4.78 is 16.2. The predicted octanol–water partition coefficient (Wildman–Crippen LogP) is 2.57. The first-order valence-electron chi connectivity index (χ1n) is 8.97. The fourth-order valence-corrected chi connectivity index (χ4v) is 2.05. The molecule has 0 atom stereocenters. The lowest BCUT2D eigenvalue weighted by Crippen LogP contribution is -2.37. The number of nitrogens with zero attached hydrogens (tertiary/aromatic N) is 1. The third-order valence-electron chi connectivity index (χ3n) is 3.17. The number of aliphatic hydroxyl groups excluding tert-OH is 1. The first-order valence-corrected chi connectivity index (χ1v) is 8.97. The zero-order valence-electron chi connectivity index (χ0n) is 15.5. The SMILES string of the molecule is CC.CC.CCN1CCC(OCCOCCOCCO)CC1. The Labute approximate surface area is 137 Å². The minimum atomic E-state index is 0.0690. The minimum absolute atomic E-state index is 0.0690. The van der Waals surface area contributed by atoms with Crippen molar-refractivity contribution in [1.82, 2.24) is 4.90 Å². The van der Waals surface area contributed by atoms with Crippen molar-refractivity contribution in [2.24, 2.45) is 0 Å². The van der Waals surface area contributed by atoms with Gasteiger partial charge < -0.3 is 24.2 Å². The Morgan fingerprint density at radius 3 is 1.86 bits per heavy atom. The van der Waals surface area contributed by atoms with E-state index in [0.29, 0.717) is 39.1 Å². The largest absolute Gasteiger partial charge is 0.394 e. The van der Waals surface area contributed by atoms with Crippen LogP contribution in [0.15, 0.2) is 0 Å². The summed E-state index contributed by atoms with van der Waals surface area (Å²) in [7, 11) is 0. The standard InChI is InChI=1S/C13H27NO4.2C2H6/c1-2-14-5-3-13(4-6-14)18-12-11-17-10-9-16-8-7-15;2*1-2/h13,15H,2-12H2,1H3;2*1-2H3. The molecule has 0 saturated carbocycles. The minimum Gasteiger partial charge on any atom is -0.394 e. The number of hydrogen-bond donors (Lipinski definition) is 1. The molecule has 0 aromatic heterocycles. The summed E-state index contributed by atoms with van der Waals surface area (Å²) in [6, 6.07) is 0. The van der Waals surface area contributed by atoms with Crippen LogP contribution in [0.3, 0.4) is 0 Å². The highest BCUT2D eigenvalue weighted by atomic mass is 16.5. The molecule has 5 nitrogen and oxygen atoms in total. The van der Waals surface area contributed by atoms with Crippen LogP contribution < -0.4 is 0 Å². The molecular formula is C17H39NO4. The molecule has 136 valence electrons. The van der Waals surface area contributed by atoms with E-state index < -0.39 is 0 Å². The van der Waals surface area contributed by atoms with Crippen LogP contribution in [0.25, 0.3) is 0 Å². The van der Waals surface area contributed by atoms with E-state index in [-0.39, 0.29) is 6.61 Å². The average Bonchev–Trinajstić information content (AvgIpc) is 2.61. The summed E-state index contributed by atoms with van der Waals surface area (Å²) in [5.74, 6) is 0. The number of likely N-dealkylation sites (tertiary alicyclic amines) is 1. The highest BCUT2D eigenvalue weighted by molar-refractivity contribution is 4.71. The summed E-state index contributed by atoms with van der Waals surface area (Å²) in [5, 5.41) is 8.50. The summed E-state index contributed by atoms with van der Waals surface area (Å²) in [5.41, 5.74) is 0. The molecular weight excluding hydrogens is 282 g/mol. The van der Waals surface area contributed by atoms with Gasteiger partial charge in [0.05, 0.1) is 45.7 Å². The van der Waals surface area contributed by atoms with Gasteiger partial charge in [-0.25, -0.2) is 0 Å². The Morgan fingerprint density at radius 2 is 1.36 bits per heavy atom.